The lowest BCUT2D eigenvalue weighted by Crippen LogP contribution is -2.90. The van der Waals surface area contributed by atoms with Gasteiger partial charge in [-0.1, -0.05) is 6.07 Å². The van der Waals surface area contributed by atoms with Gasteiger partial charge in [-0.3, -0.25) is 5.73 Å². The minimum Gasteiger partial charge on any atom is -0.311 e. The number of fused-ring (bicyclic) bond motifs is 2. The van der Waals surface area contributed by atoms with E-state index in [2.05, 4.69) is 17.1 Å². The molecule has 2 aliphatic heterocycles. The van der Waals surface area contributed by atoms with Crippen LogP contribution < -0.4 is 10.7 Å². The number of nitrogens with two attached hydrogens (primary N) is 1. The van der Waals surface area contributed by atoms with Gasteiger partial charge in [-0.25, -0.2) is 4.99 Å². The summed E-state index contributed by atoms with van der Waals surface area (Å²) in [5.74, 6) is -1.39. The van der Waals surface area contributed by atoms with Gasteiger partial charge in [-0.2, -0.15) is 10.5 Å². The molecule has 3 heterocycles. The number of hydrogen-bond acceptors (Lipinski definition) is 6. The van der Waals surface area contributed by atoms with Crippen LogP contribution in [0.1, 0.15) is 17.7 Å². The van der Waals surface area contributed by atoms with E-state index in [1.54, 1.807) is 0 Å². The predicted octanol–water partition coefficient (Wildman–Crippen LogP) is -0.594. The van der Waals surface area contributed by atoms with Gasteiger partial charge in [0.1, 0.15) is 0 Å². The van der Waals surface area contributed by atoms with Crippen molar-refractivity contribution in [3.8, 4) is 12.1 Å². The number of nitrogens with zero attached hydrogens (tertiary/aromatic N) is 2. The molecule has 1 saturated carbocycles. The van der Waals surface area contributed by atoms with Crippen molar-refractivity contribution in [2.45, 2.75) is 24.9 Å². The third-order valence-corrected chi connectivity index (χ3v) is 5.65. The Labute approximate surface area is 125 Å². The van der Waals surface area contributed by atoms with Crippen molar-refractivity contribution in [2.75, 3.05) is 6.61 Å². The van der Waals surface area contributed by atoms with E-state index in [0.717, 1.165) is 4.88 Å². The second-order valence-corrected chi connectivity index (χ2v) is 6.66. The van der Waals surface area contributed by atoms with Gasteiger partial charge in [0.15, 0.2) is 10.8 Å². The Morgan fingerprint density at radius 3 is 2.81 bits per heavy atom. The van der Waals surface area contributed by atoms with Crippen LogP contribution in [0.3, 0.4) is 0 Å². The Hall–Kier alpha value is -1.93. The van der Waals surface area contributed by atoms with Crippen LogP contribution in [-0.2, 0) is 9.47 Å². The average molecular weight is 301 g/mol. The first-order valence-corrected chi connectivity index (χ1v) is 7.54. The fraction of sp³-hybridized carbons (Fsp3) is 0.500. The normalized spacial score (nSPS) is 46.7. The highest BCUT2D eigenvalue weighted by atomic mass is 32.1. The summed E-state index contributed by atoms with van der Waals surface area (Å²) in [5.41, 5.74) is 3.85. The molecule has 1 saturated heterocycles. The second kappa shape index (κ2) is 3.63. The molecular weight excluding hydrogens is 288 g/mol. The lowest BCUT2D eigenvalue weighted by Gasteiger charge is -2.23. The molecule has 0 unspecified atom stereocenters. The van der Waals surface area contributed by atoms with E-state index < -0.39 is 16.7 Å². The molecule has 5 atom stereocenters. The SMILES string of the molecule is C[C@H]1CO[C@@]2([NH+]=C(N)[C@@]3(C#N)[C@@H](c4cccs4)[C@@]23C#N)O1. The number of hydrogen-bond donors (Lipinski definition) is 2. The lowest BCUT2D eigenvalue weighted by atomic mass is 9.94. The van der Waals surface area contributed by atoms with Gasteiger partial charge < -0.3 is 9.47 Å². The molecule has 2 fully saturated rings. The summed E-state index contributed by atoms with van der Waals surface area (Å²) in [7, 11) is 0. The maximum Gasteiger partial charge on any atom is 0.343 e. The highest BCUT2D eigenvalue weighted by Gasteiger charge is 2.98. The predicted molar refractivity (Wildman–Crippen MR) is 72.5 cm³/mol. The number of ether oxygens (including phenoxy) is 2. The van der Waals surface area contributed by atoms with Crippen LogP contribution in [0, 0.1) is 33.5 Å². The summed E-state index contributed by atoms with van der Waals surface area (Å²) in [6.45, 7) is 2.23. The summed E-state index contributed by atoms with van der Waals surface area (Å²) in [6, 6.07) is 8.38. The quantitative estimate of drug-likeness (QED) is 0.721. The minimum atomic E-state index is -1.32. The summed E-state index contributed by atoms with van der Waals surface area (Å²) in [6.07, 6.45) is -0.158. The fourth-order valence-corrected chi connectivity index (χ4v) is 4.81. The molecule has 3 N–H and O–H groups in total. The summed E-state index contributed by atoms with van der Waals surface area (Å²) in [5, 5.41) is 21.6. The van der Waals surface area contributed by atoms with Crippen molar-refractivity contribution in [3.63, 3.8) is 0 Å². The van der Waals surface area contributed by atoms with Gasteiger partial charge >= 0.3 is 5.91 Å². The van der Waals surface area contributed by atoms with Crippen molar-refractivity contribution in [1.29, 1.82) is 10.5 Å². The Morgan fingerprint density at radius 1 is 1.48 bits per heavy atom. The summed E-state index contributed by atoms with van der Waals surface area (Å²) in [4.78, 5) is 3.90. The van der Waals surface area contributed by atoms with Gasteiger partial charge in [0.05, 0.1) is 30.8 Å². The number of nitriles is 2. The van der Waals surface area contributed by atoms with Crippen LogP contribution in [0.5, 0.6) is 0 Å². The topological polar surface area (TPSA) is 106 Å². The van der Waals surface area contributed by atoms with Gasteiger partial charge in [-0.05, 0) is 18.4 Å². The molecule has 21 heavy (non-hydrogen) atoms. The van der Waals surface area contributed by atoms with E-state index in [0.29, 0.717) is 6.61 Å². The highest BCUT2D eigenvalue weighted by Crippen LogP contribution is 2.79. The molecule has 1 aliphatic carbocycles. The first-order chi connectivity index (χ1) is 10.1. The first-order valence-electron chi connectivity index (χ1n) is 6.67. The molecule has 0 amide bonds. The Morgan fingerprint density at radius 2 is 2.29 bits per heavy atom. The molecule has 0 aromatic carbocycles. The molecule has 1 aromatic rings. The van der Waals surface area contributed by atoms with Crippen LogP contribution in [0.4, 0.5) is 0 Å². The zero-order valence-corrected chi connectivity index (χ0v) is 12.1. The smallest absolute Gasteiger partial charge is 0.311 e. The van der Waals surface area contributed by atoms with E-state index in [1.807, 2.05) is 24.4 Å². The third-order valence-electron chi connectivity index (χ3n) is 4.72. The number of thiophene rings is 1. The van der Waals surface area contributed by atoms with Gasteiger partial charge in [0, 0.05) is 4.88 Å². The van der Waals surface area contributed by atoms with Crippen LogP contribution >= 0.6 is 11.3 Å². The average Bonchev–Trinajstić information content (AvgIpc) is 2.87. The number of rotatable bonds is 1. The van der Waals surface area contributed by atoms with Crippen molar-refractivity contribution in [1.82, 2.24) is 0 Å². The van der Waals surface area contributed by atoms with Crippen molar-refractivity contribution in [3.05, 3.63) is 22.4 Å². The maximum atomic E-state index is 9.90. The Balaban J connectivity index is 1.94. The van der Waals surface area contributed by atoms with Crippen LogP contribution in [-0.4, -0.2) is 24.5 Å². The molecule has 106 valence electrons. The van der Waals surface area contributed by atoms with Gasteiger partial charge in [0.2, 0.25) is 0 Å². The zero-order valence-electron chi connectivity index (χ0n) is 11.3. The highest BCUT2D eigenvalue weighted by molar-refractivity contribution is 7.10. The van der Waals surface area contributed by atoms with E-state index in [4.69, 9.17) is 15.2 Å². The Bertz CT molecular complexity index is 733. The second-order valence-electron chi connectivity index (χ2n) is 5.68. The molecule has 6 nitrogen and oxygen atoms in total. The van der Waals surface area contributed by atoms with Gasteiger partial charge in [0.25, 0.3) is 5.84 Å². The van der Waals surface area contributed by atoms with E-state index >= 15 is 0 Å². The number of amidine groups is 1. The lowest BCUT2D eigenvalue weighted by molar-refractivity contribution is -0.677. The molecular formula is C14H13N4O2S+. The molecule has 0 bridgehead atoms. The largest absolute Gasteiger partial charge is 0.343 e. The zero-order chi connectivity index (χ0) is 14.9. The number of nitrogens with one attached hydrogen (secondary N) is 1. The summed E-state index contributed by atoms with van der Waals surface area (Å²) < 4.78 is 11.7. The van der Waals surface area contributed by atoms with Crippen molar-refractivity contribution in [2.24, 2.45) is 16.6 Å². The molecule has 4 rings (SSSR count). The van der Waals surface area contributed by atoms with E-state index in [-0.39, 0.29) is 17.9 Å². The standard InChI is InChI=1S/C14H12N4O2S/c1-8-5-19-14(20-8)13(7-16)10(9-3-2-4-21-9)12(13,6-15)11(17)18-14/h2-4,8,10H,5H2,1H3,(H2,17,18)/p+1/t8-,10+,12+,13+,14+/m0/s1. The molecule has 7 heteroatoms. The van der Waals surface area contributed by atoms with Gasteiger partial charge in [-0.15, -0.1) is 11.3 Å². The molecule has 1 spiro atoms. The molecule has 1 aromatic heterocycles. The van der Waals surface area contributed by atoms with E-state index in [1.165, 1.54) is 11.3 Å². The maximum absolute atomic E-state index is 9.90. The first kappa shape index (κ1) is 12.8. The summed E-state index contributed by atoms with van der Waals surface area (Å²) >= 11 is 1.51. The van der Waals surface area contributed by atoms with E-state index in [9.17, 15) is 10.5 Å². The van der Waals surface area contributed by atoms with Crippen LogP contribution in [0.15, 0.2) is 17.5 Å². The monoisotopic (exact) mass is 301 g/mol. The van der Waals surface area contributed by atoms with Crippen molar-refractivity contribution >= 4 is 17.2 Å². The van der Waals surface area contributed by atoms with Crippen LogP contribution in [0.2, 0.25) is 0 Å². The fourth-order valence-electron chi connectivity index (χ4n) is 3.85. The Kier molecular flexibility index (Phi) is 2.21. The molecule has 0 radical (unpaired) electrons. The third kappa shape index (κ3) is 1.10. The van der Waals surface area contributed by atoms with Crippen LogP contribution in [0.25, 0.3) is 0 Å². The molecule has 3 aliphatic rings. The minimum absolute atomic E-state index is 0.158. The van der Waals surface area contributed by atoms with Crippen molar-refractivity contribution < 1.29 is 14.5 Å².